The van der Waals surface area contributed by atoms with Gasteiger partial charge in [0.2, 0.25) is 0 Å². The van der Waals surface area contributed by atoms with Crippen molar-refractivity contribution in [1.29, 1.82) is 0 Å². The Kier molecular flexibility index (Phi) is 3.22. The first kappa shape index (κ1) is 12.8. The first-order valence-corrected chi connectivity index (χ1v) is 6.58. The van der Waals surface area contributed by atoms with Crippen molar-refractivity contribution in [2.24, 2.45) is 0 Å². The van der Waals surface area contributed by atoms with Crippen molar-refractivity contribution in [2.75, 3.05) is 7.05 Å². The van der Waals surface area contributed by atoms with Crippen molar-refractivity contribution in [1.82, 2.24) is 19.7 Å². The molecule has 0 N–H and O–H groups in total. The third-order valence-corrected chi connectivity index (χ3v) is 3.52. The van der Waals surface area contributed by atoms with E-state index < -0.39 is 5.82 Å². The second kappa shape index (κ2) is 5.03. The minimum absolute atomic E-state index is 0.0798. The maximum Gasteiger partial charge on any atom is 0.256 e. The minimum atomic E-state index is -0.504. The van der Waals surface area contributed by atoms with Crippen LogP contribution in [0.4, 0.5) is 4.39 Å². The van der Waals surface area contributed by atoms with E-state index in [1.54, 1.807) is 19.2 Å². The highest BCUT2D eigenvalue weighted by Gasteiger charge is 2.21. The van der Waals surface area contributed by atoms with Gasteiger partial charge in [0.05, 0.1) is 12.1 Å². The van der Waals surface area contributed by atoms with Crippen LogP contribution in [0.5, 0.6) is 0 Å². The SMILES string of the molecule is CN(Cc1nnc2n1CCC2)C(=O)c1ccccc1F. The molecule has 0 radical (unpaired) electrons. The van der Waals surface area contributed by atoms with Crippen molar-refractivity contribution < 1.29 is 9.18 Å². The van der Waals surface area contributed by atoms with Crippen LogP contribution in [-0.4, -0.2) is 32.6 Å². The molecule has 3 rings (SSSR count). The van der Waals surface area contributed by atoms with Crippen molar-refractivity contribution >= 4 is 5.91 Å². The van der Waals surface area contributed by atoms with Gasteiger partial charge in [0.25, 0.3) is 5.91 Å². The molecule has 0 saturated heterocycles. The van der Waals surface area contributed by atoms with Crippen LogP contribution >= 0.6 is 0 Å². The monoisotopic (exact) mass is 274 g/mol. The highest BCUT2D eigenvalue weighted by atomic mass is 19.1. The molecule has 5 nitrogen and oxygen atoms in total. The van der Waals surface area contributed by atoms with Gasteiger partial charge in [0, 0.05) is 20.0 Å². The van der Waals surface area contributed by atoms with Crippen LogP contribution in [0, 0.1) is 5.82 Å². The van der Waals surface area contributed by atoms with Crippen LogP contribution in [0.2, 0.25) is 0 Å². The molecule has 1 amide bonds. The number of aromatic nitrogens is 3. The van der Waals surface area contributed by atoms with Gasteiger partial charge in [-0.1, -0.05) is 12.1 Å². The fourth-order valence-corrected chi connectivity index (χ4v) is 2.45. The maximum atomic E-state index is 13.6. The van der Waals surface area contributed by atoms with E-state index in [1.165, 1.54) is 17.0 Å². The third kappa shape index (κ3) is 2.17. The predicted molar refractivity (Wildman–Crippen MR) is 70.5 cm³/mol. The van der Waals surface area contributed by atoms with E-state index in [1.807, 2.05) is 4.57 Å². The lowest BCUT2D eigenvalue weighted by Crippen LogP contribution is -2.28. The summed E-state index contributed by atoms with van der Waals surface area (Å²) >= 11 is 0. The fourth-order valence-electron chi connectivity index (χ4n) is 2.45. The molecule has 0 saturated carbocycles. The van der Waals surface area contributed by atoms with Crippen molar-refractivity contribution in [3.05, 3.63) is 47.3 Å². The molecule has 1 aliphatic heterocycles. The zero-order valence-corrected chi connectivity index (χ0v) is 11.2. The van der Waals surface area contributed by atoms with Crippen LogP contribution in [-0.2, 0) is 19.5 Å². The number of benzene rings is 1. The largest absolute Gasteiger partial charge is 0.334 e. The van der Waals surface area contributed by atoms with E-state index in [-0.39, 0.29) is 11.5 Å². The number of carbonyl (C=O) groups is 1. The molecule has 1 aromatic carbocycles. The van der Waals surface area contributed by atoms with Gasteiger partial charge in [0.15, 0.2) is 5.82 Å². The summed E-state index contributed by atoms with van der Waals surface area (Å²) in [5.74, 6) is 0.866. The molecule has 2 aromatic rings. The van der Waals surface area contributed by atoms with Gasteiger partial charge in [-0.25, -0.2) is 4.39 Å². The zero-order valence-electron chi connectivity index (χ0n) is 11.2. The van der Waals surface area contributed by atoms with Gasteiger partial charge >= 0.3 is 0 Å². The first-order valence-electron chi connectivity index (χ1n) is 6.58. The molecule has 6 heteroatoms. The Morgan fingerprint density at radius 2 is 2.20 bits per heavy atom. The molecule has 0 fully saturated rings. The summed E-state index contributed by atoms with van der Waals surface area (Å²) in [4.78, 5) is 13.7. The Labute approximate surface area is 116 Å². The molecule has 0 aliphatic carbocycles. The lowest BCUT2D eigenvalue weighted by atomic mass is 10.2. The Balaban J connectivity index is 1.78. The van der Waals surface area contributed by atoms with Crippen LogP contribution in [0.3, 0.4) is 0 Å². The van der Waals surface area contributed by atoms with Gasteiger partial charge in [0.1, 0.15) is 11.6 Å². The van der Waals surface area contributed by atoms with Crippen LogP contribution in [0.25, 0.3) is 0 Å². The number of hydrogen-bond acceptors (Lipinski definition) is 3. The lowest BCUT2D eigenvalue weighted by Gasteiger charge is -2.17. The molecule has 0 bridgehead atoms. The van der Waals surface area contributed by atoms with E-state index in [2.05, 4.69) is 10.2 Å². The normalized spacial score (nSPS) is 13.3. The number of aryl methyl sites for hydroxylation is 1. The second-order valence-electron chi connectivity index (χ2n) is 4.93. The zero-order chi connectivity index (χ0) is 14.1. The molecule has 104 valence electrons. The lowest BCUT2D eigenvalue weighted by molar-refractivity contribution is 0.0775. The average molecular weight is 274 g/mol. The van der Waals surface area contributed by atoms with Gasteiger partial charge in [-0.05, 0) is 18.6 Å². The van der Waals surface area contributed by atoms with Crippen molar-refractivity contribution in [3.63, 3.8) is 0 Å². The fraction of sp³-hybridized carbons (Fsp3) is 0.357. The molecule has 0 atom stereocenters. The quantitative estimate of drug-likeness (QED) is 0.855. The van der Waals surface area contributed by atoms with Gasteiger partial charge in [-0.3, -0.25) is 4.79 Å². The molecule has 1 aliphatic rings. The number of fused-ring (bicyclic) bond motifs is 1. The summed E-state index contributed by atoms with van der Waals surface area (Å²) < 4.78 is 15.7. The Morgan fingerprint density at radius 3 is 3.00 bits per heavy atom. The summed E-state index contributed by atoms with van der Waals surface area (Å²) in [7, 11) is 1.64. The first-order chi connectivity index (χ1) is 9.66. The molecule has 1 aromatic heterocycles. The Bertz CT molecular complexity index is 652. The van der Waals surface area contributed by atoms with Gasteiger partial charge in [-0.15, -0.1) is 10.2 Å². The number of nitrogens with zero attached hydrogens (tertiary/aromatic N) is 4. The molecule has 0 spiro atoms. The number of rotatable bonds is 3. The predicted octanol–water partition coefficient (Wildman–Crippen LogP) is 1.64. The summed E-state index contributed by atoms with van der Waals surface area (Å²) in [5.41, 5.74) is 0.0798. The molecule has 2 heterocycles. The van der Waals surface area contributed by atoms with E-state index in [9.17, 15) is 9.18 Å². The van der Waals surface area contributed by atoms with Crippen LogP contribution in [0.1, 0.15) is 28.4 Å². The number of hydrogen-bond donors (Lipinski definition) is 0. The minimum Gasteiger partial charge on any atom is -0.334 e. The van der Waals surface area contributed by atoms with Crippen LogP contribution in [0.15, 0.2) is 24.3 Å². The standard InChI is InChI=1S/C14H15FN4O/c1-18(14(20)10-5-2-3-6-11(10)15)9-13-17-16-12-7-4-8-19(12)13/h2-3,5-6H,4,7-9H2,1H3. The molecule has 20 heavy (non-hydrogen) atoms. The average Bonchev–Trinajstić information content (AvgIpc) is 3.03. The molecular formula is C14H15FN4O. The topological polar surface area (TPSA) is 51.0 Å². The summed E-state index contributed by atoms with van der Waals surface area (Å²) in [5, 5.41) is 8.20. The van der Waals surface area contributed by atoms with Gasteiger partial charge < -0.3 is 9.47 Å². The summed E-state index contributed by atoms with van der Waals surface area (Å²) in [6, 6.07) is 5.99. The van der Waals surface area contributed by atoms with Gasteiger partial charge in [-0.2, -0.15) is 0 Å². The number of amides is 1. The third-order valence-electron chi connectivity index (χ3n) is 3.52. The van der Waals surface area contributed by atoms with E-state index in [0.29, 0.717) is 6.54 Å². The molecule has 0 unspecified atom stereocenters. The van der Waals surface area contributed by atoms with Crippen molar-refractivity contribution in [2.45, 2.75) is 25.9 Å². The summed E-state index contributed by atoms with van der Waals surface area (Å²) in [6.45, 7) is 1.22. The van der Waals surface area contributed by atoms with E-state index in [4.69, 9.17) is 0 Å². The molecular weight excluding hydrogens is 259 g/mol. The van der Waals surface area contributed by atoms with Crippen LogP contribution < -0.4 is 0 Å². The summed E-state index contributed by atoms with van der Waals surface area (Å²) in [6.07, 6.45) is 1.99. The van der Waals surface area contributed by atoms with E-state index >= 15 is 0 Å². The van der Waals surface area contributed by atoms with Crippen molar-refractivity contribution in [3.8, 4) is 0 Å². The number of halogens is 1. The Hall–Kier alpha value is -2.24. The van der Waals surface area contributed by atoms with E-state index in [0.717, 1.165) is 31.0 Å². The maximum absolute atomic E-state index is 13.6. The second-order valence-corrected chi connectivity index (χ2v) is 4.93. The highest BCUT2D eigenvalue weighted by molar-refractivity contribution is 5.94. The Morgan fingerprint density at radius 1 is 1.40 bits per heavy atom. The highest BCUT2D eigenvalue weighted by Crippen LogP contribution is 2.16. The smallest absolute Gasteiger partial charge is 0.256 e. The number of carbonyl (C=O) groups excluding carboxylic acids is 1.